The third kappa shape index (κ3) is 1.77. The third-order valence-electron chi connectivity index (χ3n) is 2.47. The lowest BCUT2D eigenvalue weighted by Crippen LogP contribution is -2.65. The largest absolute Gasteiger partial charge is 0.394 e. The molecular formula is C8H16O6. The standard InChI is InChI=1S/C8H16O6/c1-8(12)6(11)5(10)4(3-9)14-7(8)13-2/h4-7,9-12H,3H2,1-2H3/t4-,5+,6+,7-,8-/m1/s1. The van der Waals surface area contributed by atoms with Gasteiger partial charge in [-0.3, -0.25) is 0 Å². The van der Waals surface area contributed by atoms with Gasteiger partial charge in [0.15, 0.2) is 6.29 Å². The molecule has 84 valence electrons. The molecule has 0 aromatic carbocycles. The van der Waals surface area contributed by atoms with Gasteiger partial charge >= 0.3 is 0 Å². The Balaban J connectivity index is 2.83. The van der Waals surface area contributed by atoms with Crippen LogP contribution >= 0.6 is 0 Å². The van der Waals surface area contributed by atoms with Gasteiger partial charge < -0.3 is 29.9 Å². The van der Waals surface area contributed by atoms with Crippen LogP contribution in [0.2, 0.25) is 0 Å². The van der Waals surface area contributed by atoms with Crippen molar-refractivity contribution in [1.82, 2.24) is 0 Å². The van der Waals surface area contributed by atoms with E-state index in [1.54, 1.807) is 0 Å². The zero-order valence-corrected chi connectivity index (χ0v) is 8.12. The highest BCUT2D eigenvalue weighted by molar-refractivity contribution is 4.97. The lowest BCUT2D eigenvalue weighted by atomic mass is 9.88. The van der Waals surface area contributed by atoms with Crippen LogP contribution in [0.5, 0.6) is 0 Å². The maximum atomic E-state index is 9.74. The summed E-state index contributed by atoms with van der Waals surface area (Å²) in [4.78, 5) is 0. The van der Waals surface area contributed by atoms with E-state index in [9.17, 15) is 15.3 Å². The molecule has 1 fully saturated rings. The van der Waals surface area contributed by atoms with Gasteiger partial charge in [-0.15, -0.1) is 0 Å². The lowest BCUT2D eigenvalue weighted by molar-refractivity contribution is -0.330. The number of methoxy groups -OCH3 is 1. The van der Waals surface area contributed by atoms with Crippen molar-refractivity contribution in [3.63, 3.8) is 0 Å². The first-order chi connectivity index (χ1) is 6.45. The first-order valence-electron chi connectivity index (χ1n) is 4.32. The van der Waals surface area contributed by atoms with E-state index >= 15 is 0 Å². The van der Waals surface area contributed by atoms with Crippen LogP contribution in [0, 0.1) is 0 Å². The Kier molecular flexibility index (Phi) is 3.46. The fourth-order valence-corrected chi connectivity index (χ4v) is 1.51. The molecule has 0 radical (unpaired) electrons. The van der Waals surface area contributed by atoms with E-state index < -0.39 is 36.8 Å². The topological polar surface area (TPSA) is 99.4 Å². The summed E-state index contributed by atoms with van der Waals surface area (Å²) in [6.45, 7) is 0.844. The van der Waals surface area contributed by atoms with Gasteiger partial charge in [-0.05, 0) is 6.92 Å². The summed E-state index contributed by atoms with van der Waals surface area (Å²) in [6.07, 6.45) is -4.77. The molecule has 1 heterocycles. The SMILES string of the molecule is CO[C@@H]1O[C@H](CO)[C@H](O)[C@H](O)[C@@]1(C)O. The molecule has 1 aliphatic rings. The summed E-state index contributed by atoms with van der Waals surface area (Å²) in [7, 11) is 1.30. The van der Waals surface area contributed by atoms with Crippen LogP contribution in [0.4, 0.5) is 0 Å². The number of hydrogen-bond acceptors (Lipinski definition) is 6. The Morgan fingerprint density at radius 2 is 2.00 bits per heavy atom. The fourth-order valence-electron chi connectivity index (χ4n) is 1.51. The molecule has 1 rings (SSSR count). The molecule has 6 nitrogen and oxygen atoms in total. The normalized spacial score (nSPS) is 49.3. The minimum absolute atomic E-state index is 0.450. The molecule has 0 aliphatic carbocycles. The number of hydrogen-bond donors (Lipinski definition) is 4. The molecule has 14 heavy (non-hydrogen) atoms. The second kappa shape index (κ2) is 4.09. The van der Waals surface area contributed by atoms with Gasteiger partial charge in [0, 0.05) is 7.11 Å². The van der Waals surface area contributed by atoms with Crippen molar-refractivity contribution in [3.05, 3.63) is 0 Å². The Morgan fingerprint density at radius 3 is 2.43 bits per heavy atom. The van der Waals surface area contributed by atoms with Crippen LogP contribution in [0.25, 0.3) is 0 Å². The summed E-state index contributed by atoms with van der Waals surface area (Å²) in [5, 5.41) is 37.5. The summed E-state index contributed by atoms with van der Waals surface area (Å²) in [5.74, 6) is 0. The van der Waals surface area contributed by atoms with E-state index in [4.69, 9.17) is 14.6 Å². The van der Waals surface area contributed by atoms with Crippen molar-refractivity contribution in [1.29, 1.82) is 0 Å². The molecule has 1 aliphatic heterocycles. The Bertz CT molecular complexity index is 190. The first-order valence-corrected chi connectivity index (χ1v) is 4.32. The van der Waals surface area contributed by atoms with Gasteiger partial charge in [0.25, 0.3) is 0 Å². The van der Waals surface area contributed by atoms with Gasteiger partial charge in [-0.2, -0.15) is 0 Å². The predicted octanol–water partition coefficient (Wildman–Crippen LogP) is -2.18. The molecule has 4 N–H and O–H groups in total. The molecule has 0 bridgehead atoms. The average molecular weight is 208 g/mol. The van der Waals surface area contributed by atoms with Crippen LogP contribution in [0.3, 0.4) is 0 Å². The van der Waals surface area contributed by atoms with Gasteiger partial charge in [-0.1, -0.05) is 0 Å². The lowest BCUT2D eigenvalue weighted by Gasteiger charge is -2.45. The molecule has 1 saturated heterocycles. The van der Waals surface area contributed by atoms with Crippen LogP contribution in [-0.2, 0) is 9.47 Å². The average Bonchev–Trinajstić information content (AvgIpc) is 2.15. The second-order valence-corrected chi connectivity index (χ2v) is 3.59. The van der Waals surface area contributed by atoms with E-state index in [0.717, 1.165) is 0 Å². The van der Waals surface area contributed by atoms with Crippen molar-refractivity contribution < 1.29 is 29.9 Å². The smallest absolute Gasteiger partial charge is 0.188 e. The number of rotatable bonds is 2. The monoisotopic (exact) mass is 208 g/mol. The maximum Gasteiger partial charge on any atom is 0.188 e. The molecule has 5 atom stereocenters. The highest BCUT2D eigenvalue weighted by Crippen LogP contribution is 2.29. The first kappa shape index (κ1) is 11.8. The van der Waals surface area contributed by atoms with E-state index in [0.29, 0.717) is 0 Å². The van der Waals surface area contributed by atoms with Gasteiger partial charge in [0.2, 0.25) is 0 Å². The number of aliphatic hydroxyl groups excluding tert-OH is 3. The zero-order valence-electron chi connectivity index (χ0n) is 8.12. The number of aliphatic hydroxyl groups is 4. The highest BCUT2D eigenvalue weighted by Gasteiger charge is 2.51. The van der Waals surface area contributed by atoms with Gasteiger partial charge in [0.05, 0.1) is 6.61 Å². The Morgan fingerprint density at radius 1 is 1.43 bits per heavy atom. The van der Waals surface area contributed by atoms with E-state index in [1.807, 2.05) is 0 Å². The van der Waals surface area contributed by atoms with Crippen molar-refractivity contribution in [3.8, 4) is 0 Å². The third-order valence-corrected chi connectivity index (χ3v) is 2.47. The molecule has 0 amide bonds. The predicted molar refractivity (Wildman–Crippen MR) is 45.4 cm³/mol. The minimum Gasteiger partial charge on any atom is -0.394 e. The quantitative estimate of drug-likeness (QED) is 0.412. The highest BCUT2D eigenvalue weighted by atomic mass is 16.7. The van der Waals surface area contributed by atoms with Gasteiger partial charge in [-0.25, -0.2) is 0 Å². The maximum absolute atomic E-state index is 9.74. The van der Waals surface area contributed by atoms with Crippen LogP contribution in [0.15, 0.2) is 0 Å². The van der Waals surface area contributed by atoms with Crippen molar-refractivity contribution >= 4 is 0 Å². The zero-order chi connectivity index (χ0) is 10.9. The van der Waals surface area contributed by atoms with E-state index in [1.165, 1.54) is 14.0 Å². The molecule has 0 aromatic rings. The van der Waals surface area contributed by atoms with Gasteiger partial charge in [0.1, 0.15) is 23.9 Å². The second-order valence-electron chi connectivity index (χ2n) is 3.59. The van der Waals surface area contributed by atoms with Crippen LogP contribution in [-0.4, -0.2) is 64.3 Å². The van der Waals surface area contributed by atoms with Crippen LogP contribution < -0.4 is 0 Å². The summed E-state index contributed by atoms with van der Waals surface area (Å²) >= 11 is 0. The molecule has 6 heteroatoms. The van der Waals surface area contributed by atoms with Crippen LogP contribution in [0.1, 0.15) is 6.92 Å². The van der Waals surface area contributed by atoms with Crippen molar-refractivity contribution in [2.45, 2.75) is 37.1 Å². The van der Waals surface area contributed by atoms with E-state index in [-0.39, 0.29) is 0 Å². The molecule has 0 spiro atoms. The molecule has 0 saturated carbocycles. The van der Waals surface area contributed by atoms with Crippen molar-refractivity contribution in [2.24, 2.45) is 0 Å². The summed E-state index contributed by atoms with van der Waals surface area (Å²) < 4.78 is 9.85. The molecular weight excluding hydrogens is 192 g/mol. The minimum atomic E-state index is -1.69. The summed E-state index contributed by atoms with van der Waals surface area (Å²) in [5.41, 5.74) is -1.69. The fraction of sp³-hybridized carbons (Fsp3) is 1.00. The van der Waals surface area contributed by atoms with Crippen molar-refractivity contribution in [2.75, 3.05) is 13.7 Å². The molecule has 0 aromatic heterocycles. The van der Waals surface area contributed by atoms with E-state index in [2.05, 4.69) is 0 Å². The Hall–Kier alpha value is -0.240. The molecule has 0 unspecified atom stereocenters. The Labute approximate surface area is 81.7 Å². The number of ether oxygens (including phenoxy) is 2. The summed E-state index contributed by atoms with van der Waals surface area (Å²) in [6, 6.07) is 0.